The van der Waals surface area contributed by atoms with Gasteiger partial charge >= 0.3 is 5.97 Å². The Kier molecular flexibility index (Phi) is 7.21. The van der Waals surface area contributed by atoms with Crippen LogP contribution in [0, 0.1) is 23.8 Å². The minimum atomic E-state index is -1.36. The topological polar surface area (TPSA) is 79.2 Å². The van der Waals surface area contributed by atoms with Crippen molar-refractivity contribution in [3.05, 3.63) is 71.2 Å². The standard InChI is InChI=1S/C21H18F3N4O2.Pt/c1-21(2,16-8-11(22)7-15(26-16)20(29)30)17-10-12(28(3)4)9-14(25-17)13-5-6-18(23)27-19(13)24;/h6-10H,1-4H3,(H,29,30);/q-1;. The summed E-state index contributed by atoms with van der Waals surface area (Å²) in [6.45, 7) is 3.38. The van der Waals surface area contributed by atoms with E-state index in [0.29, 0.717) is 11.4 Å². The van der Waals surface area contributed by atoms with Gasteiger partial charge in [-0.25, -0.2) is 22.9 Å². The normalized spacial score (nSPS) is 11.1. The Morgan fingerprint density at radius 2 is 1.68 bits per heavy atom. The summed E-state index contributed by atoms with van der Waals surface area (Å²) in [6.07, 6.45) is 0. The zero-order valence-electron chi connectivity index (χ0n) is 17.0. The molecule has 0 bridgehead atoms. The first-order valence-electron chi connectivity index (χ1n) is 8.84. The molecule has 0 aliphatic carbocycles. The van der Waals surface area contributed by atoms with Crippen molar-refractivity contribution in [2.75, 3.05) is 19.0 Å². The van der Waals surface area contributed by atoms with Crippen LogP contribution in [0.4, 0.5) is 18.9 Å². The largest absolute Gasteiger partial charge is 0.477 e. The summed E-state index contributed by atoms with van der Waals surface area (Å²) in [4.78, 5) is 24.7. The molecule has 0 radical (unpaired) electrons. The van der Waals surface area contributed by atoms with Gasteiger partial charge in [0.05, 0.1) is 5.69 Å². The van der Waals surface area contributed by atoms with Gasteiger partial charge in [-0.15, -0.1) is 6.07 Å². The van der Waals surface area contributed by atoms with Crippen molar-refractivity contribution in [2.45, 2.75) is 19.3 Å². The number of aromatic nitrogens is 3. The van der Waals surface area contributed by atoms with Crippen molar-refractivity contribution in [1.82, 2.24) is 15.0 Å². The van der Waals surface area contributed by atoms with Crippen LogP contribution in [-0.4, -0.2) is 40.1 Å². The van der Waals surface area contributed by atoms with Crippen LogP contribution in [0.2, 0.25) is 0 Å². The summed E-state index contributed by atoms with van der Waals surface area (Å²) in [5.74, 6) is -4.20. The average molecular weight is 610 g/mol. The number of rotatable bonds is 5. The van der Waals surface area contributed by atoms with Crippen molar-refractivity contribution in [3.8, 4) is 11.3 Å². The predicted octanol–water partition coefficient (Wildman–Crippen LogP) is 3.84. The van der Waals surface area contributed by atoms with Crippen LogP contribution in [-0.2, 0) is 26.5 Å². The second-order valence-electron chi connectivity index (χ2n) is 7.37. The van der Waals surface area contributed by atoms with E-state index in [1.165, 1.54) is 0 Å². The Morgan fingerprint density at radius 3 is 2.26 bits per heavy atom. The van der Waals surface area contributed by atoms with E-state index in [2.05, 4.69) is 21.0 Å². The quantitative estimate of drug-likeness (QED) is 0.350. The van der Waals surface area contributed by atoms with Crippen LogP contribution < -0.4 is 4.90 Å². The molecular weight excluding hydrogens is 592 g/mol. The third-order valence-electron chi connectivity index (χ3n) is 4.62. The van der Waals surface area contributed by atoms with Gasteiger partial charge in [0, 0.05) is 58.0 Å². The molecule has 0 saturated heterocycles. The number of hydrogen-bond donors (Lipinski definition) is 1. The predicted molar refractivity (Wildman–Crippen MR) is 104 cm³/mol. The zero-order chi connectivity index (χ0) is 22.2. The van der Waals surface area contributed by atoms with Gasteiger partial charge in [0.1, 0.15) is 17.7 Å². The molecule has 0 aliphatic heterocycles. The van der Waals surface area contributed by atoms with Crippen LogP contribution in [0.25, 0.3) is 11.3 Å². The number of halogens is 3. The van der Waals surface area contributed by atoms with Crippen LogP contribution in [0.15, 0.2) is 30.3 Å². The van der Waals surface area contributed by atoms with E-state index in [1.807, 2.05) is 0 Å². The Hall–Kier alpha value is -2.80. The summed E-state index contributed by atoms with van der Waals surface area (Å²) in [7, 11) is 3.53. The van der Waals surface area contributed by atoms with Crippen LogP contribution in [0.5, 0.6) is 0 Å². The summed E-state index contributed by atoms with van der Waals surface area (Å²) >= 11 is 0. The first-order valence-corrected chi connectivity index (χ1v) is 8.84. The molecule has 0 saturated carbocycles. The van der Waals surface area contributed by atoms with Crippen molar-refractivity contribution in [3.63, 3.8) is 0 Å². The number of hydrogen-bond acceptors (Lipinski definition) is 5. The van der Waals surface area contributed by atoms with Crippen molar-refractivity contribution in [2.24, 2.45) is 0 Å². The average Bonchev–Trinajstić information content (AvgIpc) is 2.67. The molecule has 3 aromatic rings. The van der Waals surface area contributed by atoms with Crippen LogP contribution in [0.1, 0.15) is 35.7 Å². The molecule has 166 valence electrons. The maximum atomic E-state index is 14.3. The van der Waals surface area contributed by atoms with E-state index in [9.17, 15) is 23.1 Å². The Balaban J connectivity index is 0.00000341. The fourth-order valence-electron chi connectivity index (χ4n) is 2.83. The van der Waals surface area contributed by atoms with Gasteiger partial charge in [-0.3, -0.25) is 4.98 Å². The van der Waals surface area contributed by atoms with E-state index < -0.39 is 34.8 Å². The van der Waals surface area contributed by atoms with Crippen molar-refractivity contribution in [1.29, 1.82) is 0 Å². The fourth-order valence-corrected chi connectivity index (χ4v) is 2.83. The minimum absolute atomic E-state index is 0. The summed E-state index contributed by atoms with van der Waals surface area (Å²) in [5.41, 5.74) is -0.332. The number of anilines is 1. The third-order valence-corrected chi connectivity index (χ3v) is 4.62. The number of pyridine rings is 3. The molecule has 1 N–H and O–H groups in total. The smallest absolute Gasteiger partial charge is 0.354 e. The second-order valence-corrected chi connectivity index (χ2v) is 7.37. The molecular formula is C21H18F3N4O2Pt-. The molecule has 0 unspecified atom stereocenters. The van der Waals surface area contributed by atoms with E-state index in [1.54, 1.807) is 45.0 Å². The van der Waals surface area contributed by atoms with E-state index >= 15 is 0 Å². The maximum absolute atomic E-state index is 14.3. The Bertz CT molecular complexity index is 1140. The molecule has 31 heavy (non-hydrogen) atoms. The van der Waals surface area contributed by atoms with Gasteiger partial charge in [-0.1, -0.05) is 17.7 Å². The number of carboxylic acids is 1. The number of aromatic carboxylic acids is 1. The second kappa shape index (κ2) is 9.14. The molecule has 3 heterocycles. The third kappa shape index (κ3) is 5.10. The number of nitrogens with zero attached hydrogens (tertiary/aromatic N) is 4. The molecule has 0 atom stereocenters. The van der Waals surface area contributed by atoms with Gasteiger partial charge in [0.15, 0.2) is 5.69 Å². The summed E-state index contributed by atoms with van der Waals surface area (Å²) < 4.78 is 41.5. The summed E-state index contributed by atoms with van der Waals surface area (Å²) in [6, 6.07) is 8.63. The van der Waals surface area contributed by atoms with Gasteiger partial charge in [0.2, 0.25) is 0 Å². The molecule has 6 nitrogen and oxygen atoms in total. The first-order chi connectivity index (χ1) is 14.0. The van der Waals surface area contributed by atoms with Crippen molar-refractivity contribution >= 4 is 11.7 Å². The van der Waals surface area contributed by atoms with Crippen LogP contribution >= 0.6 is 0 Å². The van der Waals surface area contributed by atoms with E-state index in [0.717, 1.165) is 18.2 Å². The van der Waals surface area contributed by atoms with Crippen LogP contribution in [0.3, 0.4) is 0 Å². The number of carbonyl (C=O) groups is 1. The molecule has 0 amide bonds. The Labute approximate surface area is 191 Å². The van der Waals surface area contributed by atoms with Gasteiger partial charge in [-0.05, 0) is 31.7 Å². The molecule has 3 rings (SSSR count). The zero-order valence-corrected chi connectivity index (χ0v) is 19.3. The molecule has 0 aliphatic rings. The van der Waals surface area contributed by atoms with Crippen molar-refractivity contribution < 1.29 is 44.1 Å². The molecule has 0 aromatic carbocycles. The summed E-state index contributed by atoms with van der Waals surface area (Å²) in [5, 5.41) is 9.20. The SMILES string of the molecule is CN(C)c1cc(-c2[c-]cc(F)nc2F)nc(C(C)(C)c2cc(F)cc(C(=O)O)n2)c1.[Pt]. The van der Waals surface area contributed by atoms with E-state index in [-0.39, 0.29) is 38.0 Å². The van der Waals surface area contributed by atoms with Gasteiger partial charge in [0.25, 0.3) is 0 Å². The van der Waals surface area contributed by atoms with Gasteiger partial charge in [-0.2, -0.15) is 0 Å². The van der Waals surface area contributed by atoms with Gasteiger partial charge < -0.3 is 15.0 Å². The first kappa shape index (κ1) is 24.5. The monoisotopic (exact) mass is 610 g/mol. The minimum Gasteiger partial charge on any atom is -0.477 e. The fraction of sp³-hybridized carbons (Fsp3) is 0.238. The molecule has 0 fully saturated rings. The molecule has 0 spiro atoms. The molecule has 10 heteroatoms. The maximum Gasteiger partial charge on any atom is 0.354 e. The Morgan fingerprint density at radius 1 is 1.03 bits per heavy atom. The molecule has 3 aromatic heterocycles. The number of carboxylic acid groups (broad SMARTS) is 1. The van der Waals surface area contributed by atoms with E-state index in [4.69, 9.17) is 0 Å².